The molecule has 23 heavy (non-hydrogen) atoms. The molecule has 0 saturated carbocycles. The number of fused-ring (bicyclic) bond motifs is 1. The fourth-order valence-electron chi connectivity index (χ4n) is 3.59. The first kappa shape index (κ1) is 14.7. The van der Waals surface area contributed by atoms with Gasteiger partial charge in [0.25, 0.3) is 5.91 Å². The quantitative estimate of drug-likeness (QED) is 0.942. The van der Waals surface area contributed by atoms with Crippen LogP contribution in [0.4, 0.5) is 0 Å². The molecule has 2 saturated heterocycles. The van der Waals surface area contributed by atoms with Crippen molar-refractivity contribution in [1.29, 1.82) is 0 Å². The Hall–Kier alpha value is -1.85. The second-order valence-corrected chi connectivity index (χ2v) is 6.60. The first-order valence-corrected chi connectivity index (χ1v) is 8.46. The largest absolute Gasteiger partial charge is 0.381 e. The van der Waals surface area contributed by atoms with Crippen LogP contribution in [0.1, 0.15) is 16.8 Å². The molecule has 3 heterocycles. The van der Waals surface area contributed by atoms with Crippen molar-refractivity contribution in [1.82, 2.24) is 14.8 Å². The van der Waals surface area contributed by atoms with E-state index in [1.54, 1.807) is 0 Å². The molecule has 122 valence electrons. The monoisotopic (exact) mass is 313 g/mol. The van der Waals surface area contributed by atoms with E-state index < -0.39 is 0 Å². The molecule has 1 unspecified atom stereocenters. The normalized spacial score (nSPS) is 22.8. The Morgan fingerprint density at radius 3 is 2.87 bits per heavy atom. The Morgan fingerprint density at radius 2 is 2.09 bits per heavy atom. The topological polar surface area (TPSA) is 48.6 Å². The number of hydrogen-bond acceptors (Lipinski definition) is 3. The van der Waals surface area contributed by atoms with Gasteiger partial charge in [-0.05, 0) is 35.9 Å². The van der Waals surface area contributed by atoms with E-state index in [9.17, 15) is 4.79 Å². The molecule has 1 atom stereocenters. The number of nitrogens with one attached hydrogen (secondary N) is 1. The SMILES string of the molecule is O=C(c1ccc2cc[nH]c2c1)N1CCN(CC2CCOC2)CC1. The third-order valence-corrected chi connectivity index (χ3v) is 5.00. The number of H-pyrrole nitrogens is 1. The highest BCUT2D eigenvalue weighted by Crippen LogP contribution is 2.18. The number of carbonyl (C=O) groups is 1. The van der Waals surface area contributed by atoms with Crippen LogP contribution in [0.15, 0.2) is 30.5 Å². The molecule has 1 N–H and O–H groups in total. The Labute approximate surface area is 136 Å². The molecule has 2 aliphatic heterocycles. The highest BCUT2D eigenvalue weighted by molar-refractivity contribution is 5.98. The summed E-state index contributed by atoms with van der Waals surface area (Å²) in [5.74, 6) is 0.817. The fourth-order valence-corrected chi connectivity index (χ4v) is 3.59. The van der Waals surface area contributed by atoms with Crippen molar-refractivity contribution in [3.05, 3.63) is 36.0 Å². The van der Waals surface area contributed by atoms with E-state index in [4.69, 9.17) is 4.74 Å². The van der Waals surface area contributed by atoms with Crippen LogP contribution in [0.5, 0.6) is 0 Å². The maximum Gasteiger partial charge on any atom is 0.254 e. The van der Waals surface area contributed by atoms with Gasteiger partial charge in [-0.2, -0.15) is 0 Å². The van der Waals surface area contributed by atoms with Gasteiger partial charge in [0.15, 0.2) is 0 Å². The van der Waals surface area contributed by atoms with Gasteiger partial charge >= 0.3 is 0 Å². The van der Waals surface area contributed by atoms with E-state index >= 15 is 0 Å². The van der Waals surface area contributed by atoms with Crippen molar-refractivity contribution < 1.29 is 9.53 Å². The molecule has 0 radical (unpaired) electrons. The van der Waals surface area contributed by atoms with Gasteiger partial charge in [-0.15, -0.1) is 0 Å². The molecule has 0 bridgehead atoms. The number of benzene rings is 1. The van der Waals surface area contributed by atoms with Crippen LogP contribution >= 0.6 is 0 Å². The number of ether oxygens (including phenoxy) is 1. The highest BCUT2D eigenvalue weighted by atomic mass is 16.5. The Morgan fingerprint density at radius 1 is 1.22 bits per heavy atom. The molecule has 2 aromatic rings. The van der Waals surface area contributed by atoms with Crippen LogP contribution in [0.25, 0.3) is 10.9 Å². The van der Waals surface area contributed by atoms with Crippen LogP contribution < -0.4 is 0 Å². The molecule has 5 heteroatoms. The molecular weight excluding hydrogens is 290 g/mol. The van der Waals surface area contributed by atoms with E-state index in [1.165, 1.54) is 6.42 Å². The Kier molecular flexibility index (Phi) is 4.06. The zero-order valence-corrected chi connectivity index (χ0v) is 13.3. The van der Waals surface area contributed by atoms with E-state index in [0.717, 1.165) is 62.4 Å². The molecular formula is C18H23N3O2. The molecule has 1 aromatic heterocycles. The minimum absolute atomic E-state index is 0.144. The zero-order chi connectivity index (χ0) is 15.6. The van der Waals surface area contributed by atoms with Crippen molar-refractivity contribution in [3.63, 3.8) is 0 Å². The summed E-state index contributed by atoms with van der Waals surface area (Å²) in [7, 11) is 0. The van der Waals surface area contributed by atoms with E-state index in [2.05, 4.69) is 9.88 Å². The summed E-state index contributed by atoms with van der Waals surface area (Å²) < 4.78 is 5.45. The molecule has 0 spiro atoms. The molecule has 5 nitrogen and oxygen atoms in total. The average Bonchev–Trinajstić information content (AvgIpc) is 3.25. The second kappa shape index (κ2) is 6.34. The predicted molar refractivity (Wildman–Crippen MR) is 89.6 cm³/mol. The van der Waals surface area contributed by atoms with Gasteiger partial charge in [-0.3, -0.25) is 9.69 Å². The third-order valence-electron chi connectivity index (χ3n) is 5.00. The summed E-state index contributed by atoms with van der Waals surface area (Å²) in [4.78, 5) is 20.3. The maximum atomic E-state index is 12.7. The van der Waals surface area contributed by atoms with Crippen molar-refractivity contribution in [2.24, 2.45) is 5.92 Å². The standard InChI is InChI=1S/C18H23N3O2/c22-18(16-2-1-15-3-5-19-17(15)11-16)21-8-6-20(7-9-21)12-14-4-10-23-13-14/h1-3,5,11,14,19H,4,6-10,12-13H2. The van der Waals surface area contributed by atoms with Gasteiger partial charge in [0.1, 0.15) is 0 Å². The van der Waals surface area contributed by atoms with Crippen LogP contribution in [0.2, 0.25) is 0 Å². The van der Waals surface area contributed by atoms with Crippen molar-refractivity contribution in [2.75, 3.05) is 45.9 Å². The molecule has 2 fully saturated rings. The summed E-state index contributed by atoms with van der Waals surface area (Å²) >= 11 is 0. The molecule has 1 amide bonds. The maximum absolute atomic E-state index is 12.7. The Balaban J connectivity index is 1.36. The van der Waals surface area contributed by atoms with Crippen molar-refractivity contribution in [2.45, 2.75) is 6.42 Å². The minimum atomic E-state index is 0.144. The number of rotatable bonds is 3. The molecule has 4 rings (SSSR count). The lowest BCUT2D eigenvalue weighted by Gasteiger charge is -2.35. The first-order chi connectivity index (χ1) is 11.3. The van der Waals surface area contributed by atoms with Gasteiger partial charge in [0.05, 0.1) is 6.61 Å². The average molecular weight is 313 g/mol. The number of carbonyl (C=O) groups excluding carboxylic acids is 1. The summed E-state index contributed by atoms with van der Waals surface area (Å²) in [5, 5.41) is 1.14. The van der Waals surface area contributed by atoms with E-state index in [-0.39, 0.29) is 5.91 Å². The predicted octanol–water partition coefficient (Wildman–Crippen LogP) is 1.96. The van der Waals surface area contributed by atoms with Crippen molar-refractivity contribution >= 4 is 16.8 Å². The number of hydrogen-bond donors (Lipinski definition) is 1. The molecule has 1 aromatic carbocycles. The van der Waals surface area contributed by atoms with Crippen LogP contribution in [0, 0.1) is 5.92 Å². The number of piperazine rings is 1. The first-order valence-electron chi connectivity index (χ1n) is 8.46. The lowest BCUT2D eigenvalue weighted by molar-refractivity contribution is 0.0611. The third kappa shape index (κ3) is 3.12. The van der Waals surface area contributed by atoms with E-state index in [1.807, 2.05) is 35.4 Å². The lowest BCUT2D eigenvalue weighted by atomic mass is 10.1. The Bertz CT molecular complexity index is 682. The zero-order valence-electron chi connectivity index (χ0n) is 13.3. The van der Waals surface area contributed by atoms with Crippen LogP contribution in [0.3, 0.4) is 0 Å². The van der Waals surface area contributed by atoms with Crippen LogP contribution in [-0.2, 0) is 4.74 Å². The van der Waals surface area contributed by atoms with Gasteiger partial charge in [0.2, 0.25) is 0 Å². The highest BCUT2D eigenvalue weighted by Gasteiger charge is 2.25. The second-order valence-electron chi connectivity index (χ2n) is 6.60. The van der Waals surface area contributed by atoms with Gasteiger partial charge in [-0.25, -0.2) is 0 Å². The lowest BCUT2D eigenvalue weighted by Crippen LogP contribution is -2.49. The molecule has 0 aliphatic carbocycles. The number of aromatic nitrogens is 1. The van der Waals surface area contributed by atoms with Gasteiger partial charge < -0.3 is 14.6 Å². The minimum Gasteiger partial charge on any atom is -0.381 e. The summed E-state index contributed by atoms with van der Waals surface area (Å²) in [6.45, 7) is 6.47. The van der Waals surface area contributed by atoms with Crippen LogP contribution in [-0.4, -0.2) is 66.6 Å². The number of nitrogens with zero attached hydrogens (tertiary/aromatic N) is 2. The number of amides is 1. The van der Waals surface area contributed by atoms with Gasteiger partial charge in [0, 0.05) is 56.6 Å². The number of aromatic amines is 1. The fraction of sp³-hybridized carbons (Fsp3) is 0.500. The molecule has 2 aliphatic rings. The summed E-state index contributed by atoms with van der Waals surface area (Å²) in [5.41, 5.74) is 1.80. The summed E-state index contributed by atoms with van der Waals surface area (Å²) in [6, 6.07) is 7.92. The van der Waals surface area contributed by atoms with Crippen molar-refractivity contribution in [3.8, 4) is 0 Å². The summed E-state index contributed by atoms with van der Waals surface area (Å²) in [6.07, 6.45) is 3.08. The smallest absolute Gasteiger partial charge is 0.254 e. The van der Waals surface area contributed by atoms with E-state index in [0.29, 0.717) is 5.92 Å². The van der Waals surface area contributed by atoms with Gasteiger partial charge in [-0.1, -0.05) is 6.07 Å².